The van der Waals surface area contributed by atoms with Gasteiger partial charge >= 0.3 is 0 Å². The van der Waals surface area contributed by atoms with Crippen LogP contribution >= 0.6 is 0 Å². The molecule has 18 heavy (non-hydrogen) atoms. The summed E-state index contributed by atoms with van der Waals surface area (Å²) >= 11 is 0. The molecule has 1 aromatic heterocycles. The number of nitrogens with zero attached hydrogens (tertiary/aromatic N) is 2. The molecule has 0 aliphatic heterocycles. The van der Waals surface area contributed by atoms with E-state index in [1.165, 1.54) is 0 Å². The highest BCUT2D eigenvalue weighted by atomic mass is 16.5. The summed E-state index contributed by atoms with van der Waals surface area (Å²) in [5, 5.41) is 8.83. The molecule has 5 heteroatoms. The predicted molar refractivity (Wildman–Crippen MR) is 67.2 cm³/mol. The van der Waals surface area contributed by atoms with E-state index in [4.69, 9.17) is 15.6 Å². The summed E-state index contributed by atoms with van der Waals surface area (Å²) in [5.41, 5.74) is 7.24. The average molecular weight is 245 g/mol. The SMILES string of the molecule is NCc1nccnc1Oc1ccc(CCO)cc1. The van der Waals surface area contributed by atoms with Crippen molar-refractivity contribution in [2.75, 3.05) is 6.61 Å². The van der Waals surface area contributed by atoms with Crippen LogP contribution in [0, 0.1) is 0 Å². The van der Waals surface area contributed by atoms with E-state index in [0.717, 1.165) is 5.56 Å². The molecule has 2 aromatic rings. The highest BCUT2D eigenvalue weighted by molar-refractivity contribution is 5.31. The molecule has 0 aliphatic rings. The number of aliphatic hydroxyl groups excluding tert-OH is 1. The minimum absolute atomic E-state index is 0.141. The van der Waals surface area contributed by atoms with E-state index in [9.17, 15) is 0 Å². The number of hydrogen-bond donors (Lipinski definition) is 2. The lowest BCUT2D eigenvalue weighted by Crippen LogP contribution is -2.03. The van der Waals surface area contributed by atoms with E-state index < -0.39 is 0 Å². The lowest BCUT2D eigenvalue weighted by atomic mass is 10.1. The largest absolute Gasteiger partial charge is 0.437 e. The van der Waals surface area contributed by atoms with Gasteiger partial charge in [0.1, 0.15) is 11.4 Å². The number of aromatic nitrogens is 2. The maximum absolute atomic E-state index is 8.83. The van der Waals surface area contributed by atoms with Crippen LogP contribution in [0.3, 0.4) is 0 Å². The predicted octanol–water partition coefficient (Wildman–Crippen LogP) is 1.26. The second kappa shape index (κ2) is 6.09. The molecule has 0 saturated heterocycles. The van der Waals surface area contributed by atoms with Gasteiger partial charge in [-0.05, 0) is 24.1 Å². The van der Waals surface area contributed by atoms with Gasteiger partial charge in [0.25, 0.3) is 0 Å². The van der Waals surface area contributed by atoms with Crippen LogP contribution in [-0.4, -0.2) is 21.7 Å². The number of hydrogen-bond acceptors (Lipinski definition) is 5. The third-order valence-electron chi connectivity index (χ3n) is 2.47. The van der Waals surface area contributed by atoms with Crippen LogP contribution in [0.1, 0.15) is 11.3 Å². The Hall–Kier alpha value is -1.98. The van der Waals surface area contributed by atoms with Crippen molar-refractivity contribution in [3.8, 4) is 11.6 Å². The fourth-order valence-corrected chi connectivity index (χ4v) is 1.54. The number of rotatable bonds is 5. The molecule has 3 N–H and O–H groups in total. The zero-order valence-electron chi connectivity index (χ0n) is 9.91. The molecule has 0 amide bonds. The highest BCUT2D eigenvalue weighted by Gasteiger charge is 2.05. The summed E-state index contributed by atoms with van der Waals surface area (Å²) in [7, 11) is 0. The number of nitrogens with two attached hydrogens (primary N) is 1. The minimum atomic E-state index is 0.141. The molecule has 2 rings (SSSR count). The standard InChI is InChI=1S/C13H15N3O2/c14-9-12-13(16-7-6-15-12)18-11-3-1-10(2-4-11)5-8-17/h1-4,6-7,17H,5,8-9,14H2. The van der Waals surface area contributed by atoms with E-state index >= 15 is 0 Å². The molecule has 0 unspecified atom stereocenters. The molecule has 0 bridgehead atoms. The summed E-state index contributed by atoms with van der Waals surface area (Å²) in [4.78, 5) is 8.19. The molecule has 5 nitrogen and oxygen atoms in total. The van der Waals surface area contributed by atoms with Gasteiger partial charge in [0.05, 0.1) is 0 Å². The molecule has 94 valence electrons. The Balaban J connectivity index is 2.13. The van der Waals surface area contributed by atoms with E-state index in [1.807, 2.05) is 24.3 Å². The number of ether oxygens (including phenoxy) is 1. The highest BCUT2D eigenvalue weighted by Crippen LogP contribution is 2.21. The fourth-order valence-electron chi connectivity index (χ4n) is 1.54. The quantitative estimate of drug-likeness (QED) is 0.828. The van der Waals surface area contributed by atoms with Crippen LogP contribution in [-0.2, 0) is 13.0 Å². The maximum Gasteiger partial charge on any atom is 0.242 e. The fraction of sp³-hybridized carbons (Fsp3) is 0.231. The van der Waals surface area contributed by atoms with Gasteiger partial charge in [0, 0.05) is 25.5 Å². The third-order valence-corrected chi connectivity index (χ3v) is 2.47. The molecule has 0 aliphatic carbocycles. The first-order chi connectivity index (χ1) is 8.83. The summed E-state index contributed by atoms with van der Waals surface area (Å²) in [6.45, 7) is 0.424. The first kappa shape index (κ1) is 12.5. The molecule has 0 atom stereocenters. The van der Waals surface area contributed by atoms with Crippen molar-refractivity contribution in [3.05, 3.63) is 47.9 Å². The van der Waals surface area contributed by atoms with Crippen molar-refractivity contribution in [2.24, 2.45) is 5.73 Å². The third kappa shape index (κ3) is 3.03. The van der Waals surface area contributed by atoms with Crippen LogP contribution in [0.5, 0.6) is 11.6 Å². The van der Waals surface area contributed by atoms with Crippen molar-refractivity contribution < 1.29 is 9.84 Å². The zero-order chi connectivity index (χ0) is 12.8. The summed E-state index contributed by atoms with van der Waals surface area (Å²) in [6, 6.07) is 7.48. The normalized spacial score (nSPS) is 10.3. The van der Waals surface area contributed by atoms with Crippen LogP contribution in [0.25, 0.3) is 0 Å². The lowest BCUT2D eigenvalue weighted by Gasteiger charge is -2.08. The second-order valence-corrected chi connectivity index (χ2v) is 3.73. The Bertz CT molecular complexity index is 500. The van der Waals surface area contributed by atoms with Crippen LogP contribution in [0.15, 0.2) is 36.7 Å². The monoisotopic (exact) mass is 245 g/mol. The second-order valence-electron chi connectivity index (χ2n) is 3.73. The Morgan fingerprint density at radius 3 is 2.50 bits per heavy atom. The van der Waals surface area contributed by atoms with Gasteiger partial charge < -0.3 is 15.6 Å². The van der Waals surface area contributed by atoms with E-state index in [2.05, 4.69) is 9.97 Å². The minimum Gasteiger partial charge on any atom is -0.437 e. The van der Waals surface area contributed by atoms with Gasteiger partial charge in [0.15, 0.2) is 0 Å². The zero-order valence-corrected chi connectivity index (χ0v) is 9.91. The Labute approximate surface area is 105 Å². The molecular weight excluding hydrogens is 230 g/mol. The van der Waals surface area contributed by atoms with Crippen LogP contribution < -0.4 is 10.5 Å². The van der Waals surface area contributed by atoms with Crippen molar-refractivity contribution in [3.63, 3.8) is 0 Å². The van der Waals surface area contributed by atoms with Gasteiger partial charge in [0.2, 0.25) is 5.88 Å². The van der Waals surface area contributed by atoms with Gasteiger partial charge in [-0.3, -0.25) is 4.98 Å². The first-order valence-electron chi connectivity index (χ1n) is 5.71. The van der Waals surface area contributed by atoms with Gasteiger partial charge in [-0.25, -0.2) is 4.98 Å². The molecule has 1 aromatic carbocycles. The van der Waals surface area contributed by atoms with Crippen LogP contribution in [0.4, 0.5) is 0 Å². The van der Waals surface area contributed by atoms with Crippen molar-refractivity contribution in [1.82, 2.24) is 9.97 Å². The van der Waals surface area contributed by atoms with E-state index in [-0.39, 0.29) is 13.2 Å². The summed E-state index contributed by atoms with van der Waals surface area (Å²) in [5.74, 6) is 1.10. The molecule has 0 saturated carbocycles. The summed E-state index contributed by atoms with van der Waals surface area (Å²) in [6.07, 6.45) is 3.79. The first-order valence-corrected chi connectivity index (χ1v) is 5.71. The van der Waals surface area contributed by atoms with Gasteiger partial charge in [-0.15, -0.1) is 0 Å². The Kier molecular flexibility index (Phi) is 4.22. The molecule has 1 heterocycles. The van der Waals surface area contributed by atoms with Crippen molar-refractivity contribution in [1.29, 1.82) is 0 Å². The Morgan fingerprint density at radius 2 is 1.83 bits per heavy atom. The van der Waals surface area contributed by atoms with Crippen molar-refractivity contribution in [2.45, 2.75) is 13.0 Å². The molecule has 0 fully saturated rings. The van der Waals surface area contributed by atoms with E-state index in [1.54, 1.807) is 12.4 Å². The van der Waals surface area contributed by atoms with Crippen molar-refractivity contribution >= 4 is 0 Å². The van der Waals surface area contributed by atoms with Gasteiger partial charge in [-0.1, -0.05) is 12.1 Å². The lowest BCUT2D eigenvalue weighted by molar-refractivity contribution is 0.299. The maximum atomic E-state index is 8.83. The van der Waals surface area contributed by atoms with E-state index in [0.29, 0.717) is 23.7 Å². The summed E-state index contributed by atoms with van der Waals surface area (Å²) < 4.78 is 5.62. The Morgan fingerprint density at radius 1 is 1.11 bits per heavy atom. The molecule has 0 spiro atoms. The number of aliphatic hydroxyl groups is 1. The molecule has 0 radical (unpaired) electrons. The molecular formula is C13H15N3O2. The van der Waals surface area contributed by atoms with Gasteiger partial charge in [-0.2, -0.15) is 0 Å². The topological polar surface area (TPSA) is 81.3 Å². The van der Waals surface area contributed by atoms with Crippen LogP contribution in [0.2, 0.25) is 0 Å². The average Bonchev–Trinajstić information content (AvgIpc) is 2.42. The number of benzene rings is 1. The smallest absolute Gasteiger partial charge is 0.242 e.